The van der Waals surface area contributed by atoms with E-state index in [0.29, 0.717) is 16.7 Å². The molecule has 0 spiro atoms. The first-order chi connectivity index (χ1) is 7.67. The van der Waals surface area contributed by atoms with Gasteiger partial charge in [-0.25, -0.2) is 0 Å². The molecule has 1 aromatic heterocycles. The quantitative estimate of drug-likeness (QED) is 0.826. The highest BCUT2D eigenvalue weighted by molar-refractivity contribution is 8.00. The largest absolute Gasteiger partial charge is 0.308 e. The van der Waals surface area contributed by atoms with Gasteiger partial charge in [-0.05, 0) is 36.5 Å². The van der Waals surface area contributed by atoms with Crippen molar-refractivity contribution in [2.75, 3.05) is 12.8 Å². The van der Waals surface area contributed by atoms with Crippen molar-refractivity contribution in [2.45, 2.75) is 37.5 Å². The van der Waals surface area contributed by atoms with E-state index in [-0.39, 0.29) is 0 Å². The van der Waals surface area contributed by atoms with Gasteiger partial charge < -0.3 is 5.32 Å². The van der Waals surface area contributed by atoms with Crippen molar-refractivity contribution in [3.63, 3.8) is 0 Å². The topological polar surface area (TPSA) is 12.0 Å². The number of thioether (sulfide) groups is 1. The Kier molecular flexibility index (Phi) is 3.98. The SMILES string of the molecule is CSC1(CNC(c2cccs2)C(C)C)CC1. The molecule has 16 heavy (non-hydrogen) atoms. The maximum absolute atomic E-state index is 3.76. The Bertz CT molecular complexity index is 315. The van der Waals surface area contributed by atoms with Crippen LogP contribution in [0.5, 0.6) is 0 Å². The lowest BCUT2D eigenvalue weighted by molar-refractivity contribution is 0.416. The third kappa shape index (κ3) is 2.82. The van der Waals surface area contributed by atoms with Crippen LogP contribution in [0.3, 0.4) is 0 Å². The van der Waals surface area contributed by atoms with E-state index >= 15 is 0 Å². The average Bonchev–Trinajstić information content (AvgIpc) is 2.84. The minimum atomic E-state index is 0.532. The molecule has 1 N–H and O–H groups in total. The summed E-state index contributed by atoms with van der Waals surface area (Å²) in [5.74, 6) is 0.663. The minimum Gasteiger partial charge on any atom is -0.308 e. The van der Waals surface area contributed by atoms with Gasteiger partial charge in [0.05, 0.1) is 0 Å². The Morgan fingerprint density at radius 2 is 2.25 bits per heavy atom. The first-order valence-corrected chi connectivity index (χ1v) is 8.09. The molecule has 1 aromatic rings. The highest BCUT2D eigenvalue weighted by Gasteiger charge is 2.42. The van der Waals surface area contributed by atoms with Crippen molar-refractivity contribution in [1.29, 1.82) is 0 Å². The summed E-state index contributed by atoms with van der Waals surface area (Å²) < 4.78 is 0.560. The van der Waals surface area contributed by atoms with E-state index in [2.05, 4.69) is 42.9 Å². The fourth-order valence-electron chi connectivity index (χ4n) is 2.02. The molecule has 90 valence electrons. The van der Waals surface area contributed by atoms with Crippen LogP contribution in [-0.4, -0.2) is 17.5 Å². The van der Waals surface area contributed by atoms with Crippen LogP contribution in [0, 0.1) is 5.92 Å². The summed E-state index contributed by atoms with van der Waals surface area (Å²) in [6, 6.07) is 4.93. The van der Waals surface area contributed by atoms with Gasteiger partial charge in [0.15, 0.2) is 0 Å². The van der Waals surface area contributed by atoms with E-state index in [1.54, 1.807) is 0 Å². The van der Waals surface area contributed by atoms with E-state index in [9.17, 15) is 0 Å². The zero-order chi connectivity index (χ0) is 11.6. The van der Waals surface area contributed by atoms with Gasteiger partial charge in [0.1, 0.15) is 0 Å². The molecule has 3 heteroatoms. The Balaban J connectivity index is 1.94. The Morgan fingerprint density at radius 1 is 1.50 bits per heavy atom. The zero-order valence-electron chi connectivity index (χ0n) is 10.3. The van der Waals surface area contributed by atoms with Gasteiger partial charge in [-0.1, -0.05) is 19.9 Å². The average molecular weight is 255 g/mol. The van der Waals surface area contributed by atoms with Gasteiger partial charge in [-0.15, -0.1) is 11.3 Å². The third-order valence-corrected chi connectivity index (χ3v) is 5.78. The van der Waals surface area contributed by atoms with Crippen molar-refractivity contribution < 1.29 is 0 Å². The van der Waals surface area contributed by atoms with Gasteiger partial charge in [-0.2, -0.15) is 11.8 Å². The van der Waals surface area contributed by atoms with Crippen molar-refractivity contribution in [1.82, 2.24) is 5.32 Å². The minimum absolute atomic E-state index is 0.532. The molecule has 1 saturated carbocycles. The highest BCUT2D eigenvalue weighted by atomic mass is 32.2. The fraction of sp³-hybridized carbons (Fsp3) is 0.692. The van der Waals surface area contributed by atoms with Crippen molar-refractivity contribution in [3.05, 3.63) is 22.4 Å². The summed E-state index contributed by atoms with van der Waals surface area (Å²) in [6.45, 7) is 5.76. The van der Waals surface area contributed by atoms with Crippen LogP contribution in [0.1, 0.15) is 37.6 Å². The van der Waals surface area contributed by atoms with Crippen LogP contribution in [0.4, 0.5) is 0 Å². The van der Waals surface area contributed by atoms with Crippen LogP contribution < -0.4 is 5.32 Å². The molecular weight excluding hydrogens is 234 g/mol. The molecule has 0 aliphatic heterocycles. The molecule has 1 unspecified atom stereocenters. The van der Waals surface area contributed by atoms with E-state index in [4.69, 9.17) is 0 Å². The lowest BCUT2D eigenvalue weighted by Gasteiger charge is -2.24. The van der Waals surface area contributed by atoms with Crippen LogP contribution in [-0.2, 0) is 0 Å². The second-order valence-corrected chi connectivity index (χ2v) is 7.26. The number of hydrogen-bond donors (Lipinski definition) is 1. The second-order valence-electron chi connectivity index (χ2n) is 5.01. The molecular formula is C13H21NS2. The number of hydrogen-bond acceptors (Lipinski definition) is 3. The molecule has 0 aromatic carbocycles. The summed E-state index contributed by atoms with van der Waals surface area (Å²) in [6.07, 6.45) is 5.01. The summed E-state index contributed by atoms with van der Waals surface area (Å²) in [7, 11) is 0. The third-order valence-electron chi connectivity index (χ3n) is 3.40. The van der Waals surface area contributed by atoms with Crippen molar-refractivity contribution >= 4 is 23.1 Å². The number of rotatable bonds is 6. The predicted molar refractivity (Wildman–Crippen MR) is 75.4 cm³/mol. The number of thiophene rings is 1. The molecule has 1 heterocycles. The summed E-state index contributed by atoms with van der Waals surface area (Å²) in [5.41, 5.74) is 0. The molecule has 1 fully saturated rings. The molecule has 2 rings (SSSR count). The first kappa shape index (κ1) is 12.5. The summed E-state index contributed by atoms with van der Waals surface area (Å²) in [4.78, 5) is 1.48. The molecule has 0 saturated heterocycles. The van der Waals surface area contributed by atoms with Gasteiger partial charge in [-0.3, -0.25) is 0 Å². The Labute approximate surface area is 107 Å². The van der Waals surface area contributed by atoms with Crippen LogP contribution >= 0.6 is 23.1 Å². The molecule has 1 aliphatic rings. The van der Waals surface area contributed by atoms with Crippen LogP contribution in [0.15, 0.2) is 17.5 Å². The Morgan fingerprint density at radius 3 is 2.69 bits per heavy atom. The fourth-order valence-corrected chi connectivity index (χ4v) is 3.73. The summed E-state index contributed by atoms with van der Waals surface area (Å²) >= 11 is 3.90. The molecule has 1 aliphatic carbocycles. The highest BCUT2D eigenvalue weighted by Crippen LogP contribution is 2.47. The van der Waals surface area contributed by atoms with E-state index in [0.717, 1.165) is 6.54 Å². The predicted octanol–water partition coefficient (Wildman–Crippen LogP) is 3.93. The van der Waals surface area contributed by atoms with E-state index in [1.807, 2.05) is 23.1 Å². The summed E-state index contributed by atoms with van der Waals surface area (Å²) in [5, 5.41) is 5.94. The maximum Gasteiger partial charge on any atom is 0.0438 e. The lowest BCUT2D eigenvalue weighted by atomic mass is 10.0. The molecule has 0 amide bonds. The van der Waals surface area contributed by atoms with Crippen molar-refractivity contribution in [2.24, 2.45) is 5.92 Å². The molecule has 0 bridgehead atoms. The maximum atomic E-state index is 3.76. The van der Waals surface area contributed by atoms with Gasteiger partial charge >= 0.3 is 0 Å². The normalized spacial score (nSPS) is 20.0. The van der Waals surface area contributed by atoms with Crippen LogP contribution in [0.2, 0.25) is 0 Å². The van der Waals surface area contributed by atoms with Gasteiger partial charge in [0.2, 0.25) is 0 Å². The van der Waals surface area contributed by atoms with E-state index < -0.39 is 0 Å². The smallest absolute Gasteiger partial charge is 0.0438 e. The monoisotopic (exact) mass is 255 g/mol. The second kappa shape index (κ2) is 5.11. The standard InChI is InChI=1S/C13H21NS2/c1-10(2)12(11-5-4-8-16-11)14-9-13(15-3)6-7-13/h4-5,8,10,12,14H,6-7,9H2,1-3H3. The number of nitrogens with one attached hydrogen (secondary N) is 1. The van der Waals surface area contributed by atoms with Gasteiger partial charge in [0, 0.05) is 22.2 Å². The first-order valence-electron chi connectivity index (χ1n) is 5.99. The van der Waals surface area contributed by atoms with Crippen LogP contribution in [0.25, 0.3) is 0 Å². The van der Waals surface area contributed by atoms with E-state index in [1.165, 1.54) is 17.7 Å². The lowest BCUT2D eigenvalue weighted by Crippen LogP contribution is -2.32. The molecule has 1 nitrogen and oxygen atoms in total. The zero-order valence-corrected chi connectivity index (χ0v) is 12.0. The van der Waals surface area contributed by atoms with Crippen molar-refractivity contribution in [3.8, 4) is 0 Å². The van der Waals surface area contributed by atoms with Gasteiger partial charge in [0.25, 0.3) is 0 Å². The molecule has 1 atom stereocenters. The Hall–Kier alpha value is 0.01000. The molecule has 0 radical (unpaired) electrons.